The van der Waals surface area contributed by atoms with Crippen LogP contribution in [0.2, 0.25) is 0 Å². The lowest BCUT2D eigenvalue weighted by Crippen LogP contribution is -2.40. The number of benzene rings is 1. The maximum atomic E-state index is 13.1. The Morgan fingerprint density at radius 3 is 2.47 bits per heavy atom. The van der Waals surface area contributed by atoms with E-state index in [1.165, 1.54) is 17.5 Å². The fourth-order valence-corrected chi connectivity index (χ4v) is 5.35. The fraction of sp³-hybridized carbons (Fsp3) is 0.440. The van der Waals surface area contributed by atoms with Crippen molar-refractivity contribution in [2.45, 2.75) is 69.9 Å². The summed E-state index contributed by atoms with van der Waals surface area (Å²) in [6, 6.07) is 8.77. The minimum Gasteiger partial charge on any atom is -0.507 e. The SMILES string of the molecule is O=C1C(=O)N(C2CCCCC2)C(c2ccco2)/C1=C(/O)c1ccc2c(c1)CCCC2. The molecule has 1 aromatic heterocycles. The fourth-order valence-electron chi connectivity index (χ4n) is 5.35. The second kappa shape index (κ2) is 7.78. The second-order valence-corrected chi connectivity index (χ2v) is 8.70. The molecule has 2 aromatic rings. The molecule has 1 unspecified atom stereocenters. The molecule has 0 radical (unpaired) electrons. The molecular weight excluding hydrogens is 378 g/mol. The number of amides is 1. The molecule has 1 N–H and O–H groups in total. The molecule has 1 saturated heterocycles. The number of aryl methyl sites for hydroxylation is 2. The van der Waals surface area contributed by atoms with E-state index in [0.29, 0.717) is 11.3 Å². The number of furan rings is 1. The minimum absolute atomic E-state index is 0.000803. The van der Waals surface area contributed by atoms with Crippen LogP contribution in [0, 0.1) is 0 Å². The van der Waals surface area contributed by atoms with Crippen molar-refractivity contribution >= 4 is 17.4 Å². The first kappa shape index (κ1) is 19.2. The molecule has 2 aliphatic carbocycles. The number of aliphatic hydroxyl groups is 1. The zero-order valence-corrected chi connectivity index (χ0v) is 17.1. The van der Waals surface area contributed by atoms with Crippen molar-refractivity contribution in [1.29, 1.82) is 0 Å². The van der Waals surface area contributed by atoms with E-state index >= 15 is 0 Å². The largest absolute Gasteiger partial charge is 0.507 e. The minimum atomic E-state index is -0.667. The first-order valence-electron chi connectivity index (χ1n) is 11.1. The third-order valence-electron chi connectivity index (χ3n) is 6.88. The summed E-state index contributed by atoms with van der Waals surface area (Å²) in [7, 11) is 0. The Labute approximate surface area is 176 Å². The lowest BCUT2D eigenvalue weighted by Gasteiger charge is -2.34. The van der Waals surface area contributed by atoms with Crippen molar-refractivity contribution in [2.75, 3.05) is 0 Å². The molecule has 30 heavy (non-hydrogen) atoms. The zero-order chi connectivity index (χ0) is 20.7. The number of hydrogen-bond acceptors (Lipinski definition) is 4. The van der Waals surface area contributed by atoms with E-state index in [1.54, 1.807) is 23.3 Å². The Bertz CT molecular complexity index is 998. The number of rotatable bonds is 3. The standard InChI is InChI=1S/C25H27NO4/c27-23(18-13-12-16-7-4-5-8-17(16)15-18)21-22(20-11-6-14-30-20)26(25(29)24(21)28)19-9-2-1-3-10-19/h6,11-15,19,22,27H,1-5,7-10H2/b23-21-. The van der Waals surface area contributed by atoms with Gasteiger partial charge in [0.2, 0.25) is 0 Å². The Morgan fingerprint density at radius 1 is 0.967 bits per heavy atom. The van der Waals surface area contributed by atoms with Gasteiger partial charge in [-0.25, -0.2) is 0 Å². The number of nitrogens with zero attached hydrogens (tertiary/aromatic N) is 1. The molecule has 3 aliphatic rings. The molecule has 2 fully saturated rings. The third kappa shape index (κ3) is 3.17. The third-order valence-corrected chi connectivity index (χ3v) is 6.88. The van der Waals surface area contributed by atoms with E-state index in [2.05, 4.69) is 0 Å². The highest BCUT2D eigenvalue weighted by Gasteiger charge is 2.50. The van der Waals surface area contributed by atoms with Crippen molar-refractivity contribution in [3.63, 3.8) is 0 Å². The first-order chi connectivity index (χ1) is 14.6. The average Bonchev–Trinajstić information content (AvgIpc) is 3.40. The lowest BCUT2D eigenvalue weighted by atomic mass is 9.89. The summed E-state index contributed by atoms with van der Waals surface area (Å²) >= 11 is 0. The van der Waals surface area contributed by atoms with Crippen LogP contribution in [0.1, 0.15) is 73.4 Å². The summed E-state index contributed by atoms with van der Waals surface area (Å²) in [5.41, 5.74) is 3.29. The molecule has 156 valence electrons. The molecule has 5 rings (SSSR count). The van der Waals surface area contributed by atoms with Gasteiger partial charge in [0.15, 0.2) is 0 Å². The van der Waals surface area contributed by atoms with E-state index in [1.807, 2.05) is 18.2 Å². The van der Waals surface area contributed by atoms with Gasteiger partial charge in [0.1, 0.15) is 17.6 Å². The molecule has 5 heteroatoms. The lowest BCUT2D eigenvalue weighted by molar-refractivity contribution is -0.142. The summed E-state index contributed by atoms with van der Waals surface area (Å²) in [6.45, 7) is 0. The number of carbonyl (C=O) groups excluding carboxylic acids is 2. The molecule has 0 bridgehead atoms. The number of carbonyl (C=O) groups is 2. The van der Waals surface area contributed by atoms with Crippen molar-refractivity contribution in [3.05, 3.63) is 64.6 Å². The molecule has 1 aliphatic heterocycles. The summed E-state index contributed by atoms with van der Waals surface area (Å²) in [5, 5.41) is 11.2. The van der Waals surface area contributed by atoms with E-state index < -0.39 is 17.7 Å². The maximum absolute atomic E-state index is 13.1. The Morgan fingerprint density at radius 2 is 1.73 bits per heavy atom. The van der Waals surface area contributed by atoms with Gasteiger partial charge < -0.3 is 14.4 Å². The predicted octanol–water partition coefficient (Wildman–Crippen LogP) is 4.91. The van der Waals surface area contributed by atoms with E-state index in [4.69, 9.17) is 4.42 Å². The monoisotopic (exact) mass is 405 g/mol. The van der Waals surface area contributed by atoms with Crippen LogP contribution < -0.4 is 0 Å². The number of ketones is 1. The van der Waals surface area contributed by atoms with Gasteiger partial charge in [0.05, 0.1) is 11.8 Å². The number of hydrogen-bond donors (Lipinski definition) is 1. The van der Waals surface area contributed by atoms with Crippen LogP contribution in [0.15, 0.2) is 46.6 Å². The highest BCUT2D eigenvalue weighted by molar-refractivity contribution is 6.46. The zero-order valence-electron chi connectivity index (χ0n) is 17.1. The highest BCUT2D eigenvalue weighted by Crippen LogP contribution is 2.43. The van der Waals surface area contributed by atoms with Gasteiger partial charge in [-0.05, 0) is 67.9 Å². The van der Waals surface area contributed by atoms with Crippen LogP contribution >= 0.6 is 0 Å². The topological polar surface area (TPSA) is 70.8 Å². The smallest absolute Gasteiger partial charge is 0.296 e. The van der Waals surface area contributed by atoms with E-state index in [-0.39, 0.29) is 17.4 Å². The van der Waals surface area contributed by atoms with Crippen molar-refractivity contribution < 1.29 is 19.1 Å². The van der Waals surface area contributed by atoms with Gasteiger partial charge in [0.25, 0.3) is 11.7 Å². The van der Waals surface area contributed by atoms with Crippen molar-refractivity contribution in [3.8, 4) is 0 Å². The van der Waals surface area contributed by atoms with E-state index in [9.17, 15) is 14.7 Å². The molecule has 1 atom stereocenters. The van der Waals surface area contributed by atoms with Gasteiger partial charge in [-0.15, -0.1) is 0 Å². The number of fused-ring (bicyclic) bond motifs is 1. The summed E-state index contributed by atoms with van der Waals surface area (Å²) < 4.78 is 5.65. The number of aliphatic hydroxyl groups excluding tert-OH is 1. The van der Waals surface area contributed by atoms with Crippen LogP contribution in [0.3, 0.4) is 0 Å². The average molecular weight is 405 g/mol. The van der Waals surface area contributed by atoms with Crippen LogP contribution in [-0.4, -0.2) is 27.7 Å². The second-order valence-electron chi connectivity index (χ2n) is 8.70. The predicted molar refractivity (Wildman–Crippen MR) is 113 cm³/mol. The summed E-state index contributed by atoms with van der Waals surface area (Å²) in [4.78, 5) is 27.9. The van der Waals surface area contributed by atoms with Gasteiger partial charge in [-0.2, -0.15) is 0 Å². The molecule has 5 nitrogen and oxygen atoms in total. The van der Waals surface area contributed by atoms with Gasteiger partial charge in [-0.1, -0.05) is 31.4 Å². The molecule has 2 heterocycles. The van der Waals surface area contributed by atoms with Crippen LogP contribution in [0.4, 0.5) is 0 Å². The molecular formula is C25H27NO4. The van der Waals surface area contributed by atoms with Crippen LogP contribution in [-0.2, 0) is 22.4 Å². The van der Waals surface area contributed by atoms with Crippen LogP contribution in [0.25, 0.3) is 5.76 Å². The summed E-state index contributed by atoms with van der Waals surface area (Å²) in [6.07, 6.45) is 10.9. The quantitative estimate of drug-likeness (QED) is 0.447. The number of Topliss-reactive ketones (excluding diaryl/α,β-unsaturated/α-hetero) is 1. The molecule has 1 saturated carbocycles. The molecule has 0 spiro atoms. The number of likely N-dealkylation sites (tertiary alicyclic amines) is 1. The Hall–Kier alpha value is -2.82. The first-order valence-corrected chi connectivity index (χ1v) is 11.1. The highest BCUT2D eigenvalue weighted by atomic mass is 16.3. The van der Waals surface area contributed by atoms with Crippen molar-refractivity contribution in [2.24, 2.45) is 0 Å². The maximum Gasteiger partial charge on any atom is 0.296 e. The Balaban J connectivity index is 1.61. The molecule has 1 amide bonds. The summed E-state index contributed by atoms with van der Waals surface area (Å²) in [5.74, 6) is -0.708. The molecule has 1 aromatic carbocycles. The van der Waals surface area contributed by atoms with Crippen LogP contribution in [0.5, 0.6) is 0 Å². The van der Waals surface area contributed by atoms with Crippen molar-refractivity contribution in [1.82, 2.24) is 4.90 Å². The van der Waals surface area contributed by atoms with E-state index in [0.717, 1.165) is 51.4 Å². The Kier molecular flexibility index (Phi) is 4.97. The van der Waals surface area contributed by atoms with Gasteiger partial charge >= 0.3 is 0 Å². The van der Waals surface area contributed by atoms with Gasteiger partial charge in [0, 0.05) is 11.6 Å². The normalized spacial score (nSPS) is 24.3. The van der Waals surface area contributed by atoms with Gasteiger partial charge in [-0.3, -0.25) is 9.59 Å².